The van der Waals surface area contributed by atoms with Crippen molar-refractivity contribution in [3.05, 3.63) is 6.10 Å². The summed E-state index contributed by atoms with van der Waals surface area (Å²) in [4.78, 5) is 0. The van der Waals surface area contributed by atoms with Crippen LogP contribution in [-0.2, 0) is 4.74 Å². The number of ether oxygens (including phenoxy) is 1. The van der Waals surface area contributed by atoms with E-state index in [0.29, 0.717) is 0 Å². The molecule has 2 bridgehead atoms. The largest absolute Gasteiger partial charge is 0.372 e. The molecule has 1 nitrogen and oxygen atoms in total. The first-order valence-electron chi connectivity index (χ1n) is 3.92. The molecule has 0 amide bonds. The van der Waals surface area contributed by atoms with Crippen LogP contribution in [0.3, 0.4) is 0 Å². The summed E-state index contributed by atoms with van der Waals surface area (Å²) >= 11 is 0. The highest BCUT2D eigenvalue weighted by Gasteiger charge is 2.26. The maximum Gasteiger partial charge on any atom is 0.0973 e. The average Bonchev–Trinajstić information content (AvgIpc) is 1.88. The Morgan fingerprint density at radius 1 is 1.33 bits per heavy atom. The molecule has 1 aliphatic carbocycles. The highest BCUT2D eigenvalue weighted by Crippen LogP contribution is 2.36. The van der Waals surface area contributed by atoms with Crippen LogP contribution >= 0.6 is 0 Å². The zero-order valence-electron chi connectivity index (χ0n) is 5.73. The van der Waals surface area contributed by atoms with Crippen LogP contribution in [0.4, 0.5) is 0 Å². The molecule has 2 rings (SSSR count). The SMILES string of the molecule is C1C[C]2CC(C1)CCO2. The average molecular weight is 125 g/mol. The molecule has 1 heteroatoms. The summed E-state index contributed by atoms with van der Waals surface area (Å²) in [6, 6.07) is 0. The maximum absolute atomic E-state index is 5.47. The van der Waals surface area contributed by atoms with E-state index in [-0.39, 0.29) is 0 Å². The minimum absolute atomic E-state index is 0.988. The number of fused-ring (bicyclic) bond motifs is 2. The summed E-state index contributed by atoms with van der Waals surface area (Å²) in [5.74, 6) is 0.988. The van der Waals surface area contributed by atoms with Crippen LogP contribution in [-0.4, -0.2) is 6.61 Å². The third-order valence-electron chi connectivity index (χ3n) is 2.42. The Morgan fingerprint density at radius 3 is 3.11 bits per heavy atom. The van der Waals surface area contributed by atoms with Gasteiger partial charge in [-0.2, -0.15) is 0 Å². The second-order valence-electron chi connectivity index (χ2n) is 3.14. The maximum atomic E-state index is 5.47. The third kappa shape index (κ3) is 1.11. The molecular formula is C8H13O. The molecule has 0 aromatic carbocycles. The lowest BCUT2D eigenvalue weighted by Crippen LogP contribution is -2.23. The van der Waals surface area contributed by atoms with Crippen molar-refractivity contribution in [1.29, 1.82) is 0 Å². The van der Waals surface area contributed by atoms with E-state index >= 15 is 0 Å². The van der Waals surface area contributed by atoms with Gasteiger partial charge in [0.2, 0.25) is 0 Å². The Balaban J connectivity index is 1.96. The lowest BCUT2D eigenvalue weighted by atomic mass is 9.83. The number of rotatable bonds is 0. The molecule has 9 heavy (non-hydrogen) atoms. The van der Waals surface area contributed by atoms with Gasteiger partial charge in [0.1, 0.15) is 0 Å². The molecule has 1 atom stereocenters. The van der Waals surface area contributed by atoms with E-state index in [1.165, 1.54) is 38.2 Å². The van der Waals surface area contributed by atoms with Gasteiger partial charge in [-0.1, -0.05) is 12.8 Å². The molecule has 1 aliphatic heterocycles. The Labute approximate surface area is 56.4 Å². The van der Waals surface area contributed by atoms with E-state index < -0.39 is 0 Å². The molecule has 2 fully saturated rings. The van der Waals surface area contributed by atoms with E-state index in [9.17, 15) is 0 Å². The minimum Gasteiger partial charge on any atom is -0.372 e. The molecule has 0 aromatic rings. The van der Waals surface area contributed by atoms with Gasteiger partial charge in [0.25, 0.3) is 0 Å². The van der Waals surface area contributed by atoms with Crippen LogP contribution < -0.4 is 0 Å². The molecule has 1 heterocycles. The molecule has 1 radical (unpaired) electrons. The van der Waals surface area contributed by atoms with Crippen molar-refractivity contribution in [2.45, 2.75) is 32.1 Å². The fraction of sp³-hybridized carbons (Fsp3) is 0.875. The molecule has 51 valence electrons. The Hall–Kier alpha value is -0.0400. The smallest absolute Gasteiger partial charge is 0.0973 e. The van der Waals surface area contributed by atoms with E-state index in [2.05, 4.69) is 0 Å². The zero-order valence-corrected chi connectivity index (χ0v) is 5.73. The van der Waals surface area contributed by atoms with Crippen molar-refractivity contribution in [2.75, 3.05) is 6.61 Å². The summed E-state index contributed by atoms with van der Waals surface area (Å²) in [6.45, 7) is 1.00. The van der Waals surface area contributed by atoms with Gasteiger partial charge in [-0.05, 0) is 25.2 Å². The van der Waals surface area contributed by atoms with Gasteiger partial charge >= 0.3 is 0 Å². The van der Waals surface area contributed by atoms with E-state index in [0.717, 1.165) is 12.5 Å². The summed E-state index contributed by atoms with van der Waals surface area (Å²) in [6.07, 6.45) is 8.05. The summed E-state index contributed by atoms with van der Waals surface area (Å²) < 4.78 is 5.47. The first-order chi connectivity index (χ1) is 4.45. The Morgan fingerprint density at radius 2 is 2.33 bits per heavy atom. The Kier molecular flexibility index (Phi) is 1.46. The second-order valence-corrected chi connectivity index (χ2v) is 3.14. The van der Waals surface area contributed by atoms with Gasteiger partial charge in [-0.15, -0.1) is 0 Å². The lowest BCUT2D eigenvalue weighted by Gasteiger charge is -2.33. The van der Waals surface area contributed by atoms with Gasteiger partial charge in [0, 0.05) is 6.61 Å². The third-order valence-corrected chi connectivity index (χ3v) is 2.42. The van der Waals surface area contributed by atoms with Crippen molar-refractivity contribution in [2.24, 2.45) is 5.92 Å². The van der Waals surface area contributed by atoms with Gasteiger partial charge in [-0.3, -0.25) is 0 Å². The molecule has 0 spiro atoms. The highest BCUT2D eigenvalue weighted by atomic mass is 16.5. The van der Waals surface area contributed by atoms with Crippen LogP contribution in [0.5, 0.6) is 0 Å². The van der Waals surface area contributed by atoms with Gasteiger partial charge in [-0.25, -0.2) is 0 Å². The first kappa shape index (κ1) is 5.72. The van der Waals surface area contributed by atoms with Crippen molar-refractivity contribution < 1.29 is 4.74 Å². The van der Waals surface area contributed by atoms with E-state index in [1.807, 2.05) is 0 Å². The highest BCUT2D eigenvalue weighted by molar-refractivity contribution is 4.89. The predicted molar refractivity (Wildman–Crippen MR) is 35.8 cm³/mol. The topological polar surface area (TPSA) is 9.23 Å². The van der Waals surface area contributed by atoms with Crippen LogP contribution in [0.2, 0.25) is 0 Å². The lowest BCUT2D eigenvalue weighted by molar-refractivity contribution is 0.0405. The molecular weight excluding hydrogens is 112 g/mol. The summed E-state index contributed by atoms with van der Waals surface area (Å²) in [5, 5.41) is 0. The normalized spacial score (nSPS) is 36.7. The second kappa shape index (κ2) is 2.30. The fourth-order valence-electron chi connectivity index (χ4n) is 1.86. The van der Waals surface area contributed by atoms with Crippen molar-refractivity contribution in [3.8, 4) is 0 Å². The standard InChI is InChI=1S/C8H13O/c1-2-7-4-5-9-8(3-1)6-7/h7H,1-6H2. The quantitative estimate of drug-likeness (QED) is 0.482. The molecule has 1 saturated heterocycles. The predicted octanol–water partition coefficient (Wildman–Crippen LogP) is 2.13. The van der Waals surface area contributed by atoms with Crippen molar-refractivity contribution in [1.82, 2.24) is 0 Å². The molecule has 1 unspecified atom stereocenters. The van der Waals surface area contributed by atoms with Gasteiger partial charge < -0.3 is 4.74 Å². The zero-order chi connectivity index (χ0) is 6.10. The van der Waals surface area contributed by atoms with E-state index in [1.54, 1.807) is 0 Å². The number of hydrogen-bond donors (Lipinski definition) is 0. The first-order valence-corrected chi connectivity index (χ1v) is 3.92. The van der Waals surface area contributed by atoms with Crippen molar-refractivity contribution >= 4 is 0 Å². The van der Waals surface area contributed by atoms with Crippen LogP contribution in [0, 0.1) is 12.0 Å². The molecule has 2 aliphatic rings. The van der Waals surface area contributed by atoms with Crippen LogP contribution in [0.25, 0.3) is 0 Å². The molecule has 1 saturated carbocycles. The Bertz CT molecular complexity index is 80.7. The summed E-state index contributed by atoms with van der Waals surface area (Å²) in [5.41, 5.74) is 0. The molecule has 0 N–H and O–H groups in total. The van der Waals surface area contributed by atoms with Gasteiger partial charge in [0.15, 0.2) is 0 Å². The van der Waals surface area contributed by atoms with Crippen molar-refractivity contribution in [3.63, 3.8) is 0 Å². The fourth-order valence-corrected chi connectivity index (χ4v) is 1.86. The van der Waals surface area contributed by atoms with Gasteiger partial charge in [0.05, 0.1) is 6.10 Å². The van der Waals surface area contributed by atoms with E-state index in [4.69, 9.17) is 4.74 Å². The number of hydrogen-bond acceptors (Lipinski definition) is 1. The van der Waals surface area contributed by atoms with Crippen LogP contribution in [0.1, 0.15) is 32.1 Å². The van der Waals surface area contributed by atoms with Crippen LogP contribution in [0.15, 0.2) is 0 Å². The molecule has 0 aromatic heterocycles. The monoisotopic (exact) mass is 125 g/mol. The minimum atomic E-state index is 0.988. The summed E-state index contributed by atoms with van der Waals surface area (Å²) in [7, 11) is 0.